The Balaban J connectivity index is 2.45. The van der Waals surface area contributed by atoms with Crippen LogP contribution in [0.5, 0.6) is 11.6 Å². The molecule has 52 valence electrons. The molecular weight excluding hydrogens is 157 g/mol. The van der Waals surface area contributed by atoms with E-state index in [2.05, 4.69) is 0 Å². The summed E-state index contributed by atoms with van der Waals surface area (Å²) in [5.74, 6) is 0.901. The van der Waals surface area contributed by atoms with Gasteiger partial charge in [0.05, 0.1) is 6.20 Å². The van der Waals surface area contributed by atoms with Gasteiger partial charge in [0.15, 0.2) is 5.75 Å². The number of nitrogens with zero attached hydrogens (tertiary/aromatic N) is 1. The van der Waals surface area contributed by atoms with Crippen LogP contribution in [0.2, 0.25) is 0 Å². The van der Waals surface area contributed by atoms with Gasteiger partial charge in [-0.05, 0) is 0 Å². The Kier molecular flexibility index (Phi) is 0.495. The largest absolute Gasteiger partial charge is 0.668 e. The summed E-state index contributed by atoms with van der Waals surface area (Å²) in [4.78, 5) is 0. The van der Waals surface area contributed by atoms with Crippen molar-refractivity contribution in [1.29, 1.82) is 0 Å². The van der Waals surface area contributed by atoms with Crippen LogP contribution in [0.4, 0.5) is 0 Å². The maximum atomic E-state index is 11.1. The molecule has 0 fully saturated rings. The quantitative estimate of drug-likeness (QED) is 0.525. The molecule has 10 heavy (non-hydrogen) atoms. The first-order valence-corrected chi connectivity index (χ1v) is 4.14. The van der Waals surface area contributed by atoms with Gasteiger partial charge in [-0.1, -0.05) is 0 Å². The minimum Gasteiger partial charge on any atom is -0.379 e. The fraction of sp³-hybridized carbons (Fsp3) is 0. The number of fused-ring (bicyclic) bond motifs is 1. The molecule has 2 aliphatic heterocycles. The highest BCUT2D eigenvalue weighted by molar-refractivity contribution is 7.50. The summed E-state index contributed by atoms with van der Waals surface area (Å²) in [5, 5.41) is 0. The molecule has 0 aliphatic carbocycles. The third kappa shape index (κ3) is 0.333. The SMILES string of the molecule is O=P12Oc3ccn(c3O1)O2. The molecule has 1 atom stereocenters. The smallest absolute Gasteiger partial charge is 0.379 e. The molecule has 3 rings (SSSR count). The Morgan fingerprint density at radius 3 is 3.00 bits per heavy atom. The number of phosphoric acid groups is 1. The Morgan fingerprint density at radius 2 is 2.40 bits per heavy atom. The first-order chi connectivity index (χ1) is 4.77. The number of hydrogen-bond acceptors (Lipinski definition) is 4. The average molecular weight is 159 g/mol. The zero-order valence-electron chi connectivity index (χ0n) is 4.68. The van der Waals surface area contributed by atoms with E-state index >= 15 is 0 Å². The summed E-state index contributed by atoms with van der Waals surface area (Å²) in [7, 11) is -3.24. The predicted molar refractivity (Wildman–Crippen MR) is 29.9 cm³/mol. The van der Waals surface area contributed by atoms with Gasteiger partial charge in [0.2, 0.25) is 0 Å². The van der Waals surface area contributed by atoms with Crippen LogP contribution in [0, 0.1) is 0 Å². The standard InChI is InChI=1S/C4H2NO4P/c6-10-7-3-1-2-5(9-10)4(3)8-10/h1-2H. The minimum atomic E-state index is -3.24. The highest BCUT2D eigenvalue weighted by Crippen LogP contribution is 2.62. The third-order valence-electron chi connectivity index (χ3n) is 1.37. The van der Waals surface area contributed by atoms with Gasteiger partial charge in [-0.3, -0.25) is 4.62 Å². The van der Waals surface area contributed by atoms with Gasteiger partial charge in [-0.25, -0.2) is 0 Å². The van der Waals surface area contributed by atoms with Gasteiger partial charge < -0.3 is 9.05 Å². The van der Waals surface area contributed by atoms with Gasteiger partial charge in [0.25, 0.3) is 5.88 Å². The summed E-state index contributed by atoms with van der Waals surface area (Å²) >= 11 is 0. The lowest BCUT2D eigenvalue weighted by molar-refractivity contribution is 0.244. The molecule has 0 N–H and O–H groups in total. The lowest BCUT2D eigenvalue weighted by atomic mass is 10.6. The summed E-state index contributed by atoms with van der Waals surface area (Å²) < 4.78 is 26.7. The van der Waals surface area contributed by atoms with Crippen molar-refractivity contribution in [3.05, 3.63) is 12.3 Å². The molecule has 0 amide bonds. The zero-order valence-corrected chi connectivity index (χ0v) is 5.58. The second-order valence-electron chi connectivity index (χ2n) is 2.02. The first-order valence-electron chi connectivity index (χ1n) is 2.67. The molecule has 6 heteroatoms. The van der Waals surface area contributed by atoms with Crippen molar-refractivity contribution in [3.8, 4) is 11.6 Å². The Bertz CT molecular complexity index is 320. The predicted octanol–water partition coefficient (Wildman–Crippen LogP) is 0.810. The molecule has 2 aliphatic rings. The number of hydrogen-bond donors (Lipinski definition) is 0. The second-order valence-corrected chi connectivity index (χ2v) is 3.45. The molecule has 1 aromatic rings. The van der Waals surface area contributed by atoms with Crippen LogP contribution >= 0.6 is 7.82 Å². The monoisotopic (exact) mass is 159 g/mol. The van der Waals surface area contributed by atoms with Crippen LogP contribution < -0.4 is 13.7 Å². The van der Waals surface area contributed by atoms with Crippen molar-refractivity contribution in [2.75, 3.05) is 0 Å². The third-order valence-corrected chi connectivity index (χ3v) is 2.56. The van der Waals surface area contributed by atoms with E-state index in [1.165, 1.54) is 4.73 Å². The van der Waals surface area contributed by atoms with E-state index in [1.807, 2.05) is 0 Å². The maximum absolute atomic E-state index is 11.1. The number of aromatic nitrogens is 1. The lowest BCUT2D eigenvalue weighted by Crippen LogP contribution is -2.03. The molecule has 0 saturated carbocycles. The lowest BCUT2D eigenvalue weighted by Gasteiger charge is -2.02. The molecule has 2 bridgehead atoms. The molecular formula is C4H2NO4P. The van der Waals surface area contributed by atoms with Gasteiger partial charge in [-0.15, -0.1) is 4.73 Å². The van der Waals surface area contributed by atoms with Crippen molar-refractivity contribution >= 4 is 7.82 Å². The highest BCUT2D eigenvalue weighted by atomic mass is 31.2. The van der Waals surface area contributed by atoms with Crippen molar-refractivity contribution in [3.63, 3.8) is 0 Å². The topological polar surface area (TPSA) is 49.7 Å². The van der Waals surface area contributed by atoms with Crippen LogP contribution in [-0.2, 0) is 4.57 Å². The fourth-order valence-electron chi connectivity index (χ4n) is 0.988. The zero-order chi connectivity index (χ0) is 6.77. The first kappa shape index (κ1) is 4.68. The molecule has 1 unspecified atom stereocenters. The van der Waals surface area contributed by atoms with Crippen molar-refractivity contribution in [2.45, 2.75) is 0 Å². The van der Waals surface area contributed by atoms with Crippen molar-refractivity contribution in [2.24, 2.45) is 0 Å². The van der Waals surface area contributed by atoms with Gasteiger partial charge >= 0.3 is 7.82 Å². The Morgan fingerprint density at radius 1 is 1.50 bits per heavy atom. The van der Waals surface area contributed by atoms with Crippen LogP contribution in [0.25, 0.3) is 0 Å². The van der Waals surface area contributed by atoms with Crippen molar-refractivity contribution in [1.82, 2.24) is 4.73 Å². The van der Waals surface area contributed by atoms with E-state index in [4.69, 9.17) is 13.7 Å². The number of phosphoric ester groups is 1. The number of rotatable bonds is 0. The average Bonchev–Trinajstić information content (AvgIpc) is 2.35. The Labute approximate surface area is 55.7 Å². The van der Waals surface area contributed by atoms with Crippen LogP contribution in [0.3, 0.4) is 0 Å². The molecule has 0 radical (unpaired) electrons. The Hall–Kier alpha value is -1.09. The fourth-order valence-corrected chi connectivity index (χ4v) is 2.20. The molecule has 5 nitrogen and oxygen atoms in total. The highest BCUT2D eigenvalue weighted by Gasteiger charge is 2.50. The summed E-state index contributed by atoms with van der Waals surface area (Å²) in [5.41, 5.74) is 0. The summed E-state index contributed by atoms with van der Waals surface area (Å²) in [6.45, 7) is 0. The van der Waals surface area contributed by atoms with E-state index in [0.29, 0.717) is 11.6 Å². The van der Waals surface area contributed by atoms with E-state index in [9.17, 15) is 4.57 Å². The molecule has 3 heterocycles. The molecule has 0 saturated heterocycles. The minimum absolute atomic E-state index is 0.406. The van der Waals surface area contributed by atoms with E-state index in [0.717, 1.165) is 0 Å². The van der Waals surface area contributed by atoms with E-state index < -0.39 is 7.82 Å². The summed E-state index contributed by atoms with van der Waals surface area (Å²) in [6.07, 6.45) is 1.59. The maximum Gasteiger partial charge on any atom is 0.668 e. The molecule has 0 aromatic carbocycles. The van der Waals surface area contributed by atoms with Crippen LogP contribution in [0.1, 0.15) is 0 Å². The summed E-state index contributed by atoms with van der Waals surface area (Å²) in [6, 6.07) is 1.64. The normalized spacial score (nSPS) is 31.2. The van der Waals surface area contributed by atoms with Gasteiger partial charge in [-0.2, -0.15) is 4.57 Å². The van der Waals surface area contributed by atoms with Gasteiger partial charge in [0, 0.05) is 6.07 Å². The van der Waals surface area contributed by atoms with Crippen molar-refractivity contribution < 1.29 is 18.2 Å². The van der Waals surface area contributed by atoms with Crippen LogP contribution in [0.15, 0.2) is 12.3 Å². The van der Waals surface area contributed by atoms with Gasteiger partial charge in [0.1, 0.15) is 0 Å². The second kappa shape index (κ2) is 1.06. The molecule has 1 aromatic heterocycles. The van der Waals surface area contributed by atoms with E-state index in [1.54, 1.807) is 12.3 Å². The van der Waals surface area contributed by atoms with Crippen LogP contribution in [-0.4, -0.2) is 4.73 Å². The molecule has 0 spiro atoms. The van der Waals surface area contributed by atoms with E-state index in [-0.39, 0.29) is 0 Å².